The summed E-state index contributed by atoms with van der Waals surface area (Å²) < 4.78 is 38.6. The van der Waals surface area contributed by atoms with E-state index < -0.39 is 29.5 Å². The number of carbonyl (C=O) groups excluding carboxylic acids is 3. The molecule has 2 aliphatic rings. The third-order valence-corrected chi connectivity index (χ3v) is 6.25. The molecule has 2 heterocycles. The fourth-order valence-corrected chi connectivity index (χ4v) is 4.70. The van der Waals surface area contributed by atoms with Crippen molar-refractivity contribution in [2.24, 2.45) is 11.8 Å². The van der Waals surface area contributed by atoms with Gasteiger partial charge in [0, 0.05) is 17.5 Å². The van der Waals surface area contributed by atoms with Gasteiger partial charge in [-0.1, -0.05) is 30.4 Å². The Balaban J connectivity index is 1.37. The number of allylic oxidation sites excluding steroid dienone is 2. The van der Waals surface area contributed by atoms with E-state index >= 15 is 0 Å². The summed E-state index contributed by atoms with van der Waals surface area (Å²) in [5.41, 5.74) is -0.250. The molecule has 6 nitrogen and oxygen atoms in total. The van der Waals surface area contributed by atoms with Crippen molar-refractivity contribution in [3.63, 3.8) is 0 Å². The molecule has 10 heteroatoms. The van der Waals surface area contributed by atoms with Gasteiger partial charge in [0.15, 0.2) is 5.13 Å². The fraction of sp³-hybridized carbons (Fsp3) is 0.333. The minimum atomic E-state index is -4.42. The van der Waals surface area contributed by atoms with Crippen molar-refractivity contribution in [2.45, 2.75) is 25.4 Å². The molecular formula is C21H18F3N3O3S. The smallest absolute Gasteiger partial charge is 0.300 e. The maximum atomic E-state index is 12.9. The molecule has 1 N–H and O–H groups in total. The van der Waals surface area contributed by atoms with E-state index in [4.69, 9.17) is 0 Å². The van der Waals surface area contributed by atoms with Crippen molar-refractivity contribution < 1.29 is 27.6 Å². The SMILES string of the molecule is O=C(CN1C(=O)[C@@H]2CC=CC[C@H]2C1=O)Nc1ncc(Cc2cccc(C(F)(F)F)c2)s1. The van der Waals surface area contributed by atoms with Crippen LogP contribution in [0.2, 0.25) is 0 Å². The zero-order valence-electron chi connectivity index (χ0n) is 16.2. The molecule has 0 radical (unpaired) electrons. The molecule has 31 heavy (non-hydrogen) atoms. The number of halogens is 3. The molecule has 1 aliphatic heterocycles. The molecular weight excluding hydrogens is 431 g/mol. The standard InChI is InChI=1S/C21H18F3N3O3S/c22-21(23,24)13-5-3-4-12(8-13)9-14-10-25-20(31-14)26-17(28)11-27-18(29)15-6-1-2-7-16(15)19(27)30/h1-5,8,10,15-16H,6-7,9,11H2,(H,25,26,28)/t15-,16-/m1/s1. The summed E-state index contributed by atoms with van der Waals surface area (Å²) in [6.45, 7) is -0.382. The Bertz CT molecular complexity index is 1040. The molecule has 3 amide bonds. The summed E-state index contributed by atoms with van der Waals surface area (Å²) in [6, 6.07) is 5.02. The van der Waals surface area contributed by atoms with Gasteiger partial charge >= 0.3 is 6.18 Å². The maximum absolute atomic E-state index is 12.9. The van der Waals surface area contributed by atoms with Crippen LogP contribution in [0, 0.1) is 11.8 Å². The highest BCUT2D eigenvalue weighted by molar-refractivity contribution is 7.15. The molecule has 0 saturated carbocycles. The van der Waals surface area contributed by atoms with E-state index in [-0.39, 0.29) is 29.9 Å². The lowest BCUT2D eigenvalue weighted by Gasteiger charge is -2.14. The molecule has 0 bridgehead atoms. The van der Waals surface area contributed by atoms with Crippen LogP contribution in [0.25, 0.3) is 0 Å². The number of thiazole rings is 1. The number of hydrogen-bond acceptors (Lipinski definition) is 5. The van der Waals surface area contributed by atoms with E-state index in [0.29, 0.717) is 23.3 Å². The normalized spacial score (nSPS) is 20.8. The van der Waals surface area contributed by atoms with E-state index in [1.54, 1.807) is 6.07 Å². The first-order chi connectivity index (χ1) is 14.7. The van der Waals surface area contributed by atoms with Crippen molar-refractivity contribution in [1.29, 1.82) is 0 Å². The zero-order chi connectivity index (χ0) is 22.2. The summed E-state index contributed by atoms with van der Waals surface area (Å²) in [6.07, 6.45) is 2.04. The third-order valence-electron chi connectivity index (χ3n) is 5.33. The highest BCUT2D eigenvalue weighted by Gasteiger charge is 2.47. The molecule has 4 rings (SSSR count). The lowest BCUT2D eigenvalue weighted by atomic mass is 9.85. The topological polar surface area (TPSA) is 79.4 Å². The quantitative estimate of drug-likeness (QED) is 0.558. The molecule has 1 aliphatic carbocycles. The van der Waals surface area contributed by atoms with Crippen LogP contribution < -0.4 is 5.32 Å². The lowest BCUT2D eigenvalue weighted by molar-refractivity contribution is -0.142. The number of benzene rings is 1. The second-order valence-electron chi connectivity index (χ2n) is 7.47. The second kappa shape index (κ2) is 8.26. The van der Waals surface area contributed by atoms with Crippen molar-refractivity contribution in [1.82, 2.24) is 9.88 Å². The van der Waals surface area contributed by atoms with Crippen LogP contribution in [0.4, 0.5) is 18.3 Å². The van der Waals surface area contributed by atoms with E-state index in [1.165, 1.54) is 12.3 Å². The van der Waals surface area contributed by atoms with E-state index in [0.717, 1.165) is 28.4 Å². The number of carbonyl (C=O) groups is 3. The number of hydrogen-bond donors (Lipinski definition) is 1. The Morgan fingerprint density at radius 3 is 2.48 bits per heavy atom. The first-order valence-corrected chi connectivity index (χ1v) is 10.4. The van der Waals surface area contributed by atoms with Crippen LogP contribution in [0.3, 0.4) is 0 Å². The maximum Gasteiger partial charge on any atom is 0.416 e. The Morgan fingerprint density at radius 1 is 1.16 bits per heavy atom. The Kier molecular flexibility index (Phi) is 5.65. The average Bonchev–Trinajstić information content (AvgIpc) is 3.25. The lowest BCUT2D eigenvalue weighted by Crippen LogP contribution is -2.38. The number of nitrogens with zero attached hydrogens (tertiary/aromatic N) is 2. The van der Waals surface area contributed by atoms with Gasteiger partial charge in [-0.15, -0.1) is 11.3 Å². The largest absolute Gasteiger partial charge is 0.416 e. The summed E-state index contributed by atoms with van der Waals surface area (Å²) in [4.78, 5) is 43.0. The van der Waals surface area contributed by atoms with Crippen LogP contribution >= 0.6 is 11.3 Å². The van der Waals surface area contributed by atoms with Crippen molar-refractivity contribution in [2.75, 3.05) is 11.9 Å². The van der Waals surface area contributed by atoms with Gasteiger partial charge in [0.1, 0.15) is 6.54 Å². The van der Waals surface area contributed by atoms with Gasteiger partial charge in [-0.2, -0.15) is 13.2 Å². The van der Waals surface area contributed by atoms with Gasteiger partial charge < -0.3 is 5.32 Å². The van der Waals surface area contributed by atoms with Crippen LogP contribution in [0.15, 0.2) is 42.6 Å². The zero-order valence-corrected chi connectivity index (χ0v) is 17.0. The Hall–Kier alpha value is -3.01. The molecule has 2 atom stereocenters. The summed E-state index contributed by atoms with van der Waals surface area (Å²) in [7, 11) is 0. The molecule has 0 unspecified atom stereocenters. The minimum Gasteiger partial charge on any atom is -0.300 e. The number of nitrogens with one attached hydrogen (secondary N) is 1. The highest BCUT2D eigenvalue weighted by Crippen LogP contribution is 2.35. The number of likely N-dealkylation sites (tertiary alicyclic amines) is 1. The molecule has 1 fully saturated rings. The number of amides is 3. The van der Waals surface area contributed by atoms with Gasteiger partial charge in [-0.25, -0.2) is 4.98 Å². The predicted octanol–water partition coefficient (Wildman–Crippen LogP) is 3.64. The number of fused-ring (bicyclic) bond motifs is 1. The minimum absolute atomic E-state index is 0.233. The molecule has 0 spiro atoms. The van der Waals surface area contributed by atoms with Crippen molar-refractivity contribution in [3.8, 4) is 0 Å². The van der Waals surface area contributed by atoms with Gasteiger partial charge in [0.2, 0.25) is 17.7 Å². The first-order valence-electron chi connectivity index (χ1n) is 9.63. The van der Waals surface area contributed by atoms with Crippen molar-refractivity contribution in [3.05, 3.63) is 58.6 Å². The highest BCUT2D eigenvalue weighted by atomic mass is 32.1. The number of anilines is 1. The molecule has 1 aromatic carbocycles. The fourth-order valence-electron chi connectivity index (χ4n) is 3.83. The van der Waals surface area contributed by atoms with E-state index in [2.05, 4.69) is 10.3 Å². The van der Waals surface area contributed by atoms with Crippen molar-refractivity contribution >= 4 is 34.2 Å². The second-order valence-corrected chi connectivity index (χ2v) is 8.59. The monoisotopic (exact) mass is 449 g/mol. The average molecular weight is 449 g/mol. The van der Waals surface area contributed by atoms with Gasteiger partial charge in [-0.3, -0.25) is 19.3 Å². The number of rotatable bonds is 5. The number of aromatic nitrogens is 1. The molecule has 1 saturated heterocycles. The molecule has 1 aromatic heterocycles. The van der Waals surface area contributed by atoms with Crippen LogP contribution in [0.1, 0.15) is 28.8 Å². The van der Waals surface area contributed by atoms with Crippen LogP contribution in [-0.4, -0.2) is 34.2 Å². The number of alkyl halides is 3. The molecule has 2 aromatic rings. The van der Waals surface area contributed by atoms with Gasteiger partial charge in [-0.05, 0) is 24.5 Å². The van der Waals surface area contributed by atoms with E-state index in [1.807, 2.05) is 12.2 Å². The summed E-state index contributed by atoms with van der Waals surface area (Å²) in [5.74, 6) is -2.01. The Morgan fingerprint density at radius 2 is 1.84 bits per heavy atom. The summed E-state index contributed by atoms with van der Waals surface area (Å²) in [5, 5.41) is 2.81. The number of imide groups is 1. The van der Waals surface area contributed by atoms with Crippen LogP contribution in [-0.2, 0) is 27.0 Å². The van der Waals surface area contributed by atoms with Gasteiger partial charge in [0.05, 0.1) is 17.4 Å². The summed E-state index contributed by atoms with van der Waals surface area (Å²) >= 11 is 1.13. The molecule has 162 valence electrons. The van der Waals surface area contributed by atoms with Gasteiger partial charge in [0.25, 0.3) is 0 Å². The third kappa shape index (κ3) is 4.53. The van der Waals surface area contributed by atoms with Crippen LogP contribution in [0.5, 0.6) is 0 Å². The Labute approximate surface area is 179 Å². The predicted molar refractivity (Wildman–Crippen MR) is 107 cm³/mol. The van der Waals surface area contributed by atoms with E-state index in [9.17, 15) is 27.6 Å². The first kappa shape index (κ1) is 21.2.